The van der Waals surface area contributed by atoms with Crippen LogP contribution in [0.25, 0.3) is 0 Å². The van der Waals surface area contributed by atoms with Crippen LogP contribution >= 0.6 is 0 Å². The number of likely N-dealkylation sites (tertiary alicyclic amines) is 1. The van der Waals surface area contributed by atoms with Gasteiger partial charge in [-0.2, -0.15) is 0 Å². The number of carboxylic acids is 1. The molecule has 0 aromatic rings. The van der Waals surface area contributed by atoms with Crippen molar-refractivity contribution >= 4 is 5.97 Å². The van der Waals surface area contributed by atoms with Gasteiger partial charge in [-0.1, -0.05) is 6.42 Å². The molecule has 0 aromatic heterocycles. The third-order valence-electron chi connectivity index (χ3n) is 3.67. The number of aliphatic hydroxyl groups excluding tert-OH is 4. The first kappa shape index (κ1) is 16.3. The van der Waals surface area contributed by atoms with E-state index in [0.29, 0.717) is 25.8 Å². The van der Waals surface area contributed by atoms with Crippen LogP contribution < -0.4 is 0 Å². The summed E-state index contributed by atoms with van der Waals surface area (Å²) in [6.07, 6.45) is -3.06. The number of piperidine rings is 1. The van der Waals surface area contributed by atoms with E-state index in [-0.39, 0.29) is 6.42 Å². The van der Waals surface area contributed by atoms with Crippen molar-refractivity contribution in [2.45, 2.75) is 63.2 Å². The average molecular weight is 277 g/mol. The normalized spacial score (nSPS) is 36.4. The highest BCUT2D eigenvalue weighted by molar-refractivity contribution is 5.66. The molecule has 0 bridgehead atoms. The van der Waals surface area contributed by atoms with Crippen LogP contribution in [0.15, 0.2) is 0 Å². The zero-order valence-corrected chi connectivity index (χ0v) is 11.0. The third-order valence-corrected chi connectivity index (χ3v) is 3.67. The Morgan fingerprint density at radius 3 is 2.21 bits per heavy atom. The summed E-state index contributed by atoms with van der Waals surface area (Å²) in [5, 5.41) is 47.2. The molecule has 112 valence electrons. The fourth-order valence-corrected chi connectivity index (χ4v) is 2.38. The standard InChI is InChI=1S/C12H23NO6/c1-7-9(16)10(17)11(18)12(19)13(7)6-4-2-3-5-8(14)15/h7,9-12,16-19H,2-6H2,1H3,(H,14,15)/t7-,9+,10+,11+,12-/m0/s1. The maximum absolute atomic E-state index is 10.3. The summed E-state index contributed by atoms with van der Waals surface area (Å²) < 4.78 is 0. The lowest BCUT2D eigenvalue weighted by Crippen LogP contribution is -2.65. The molecule has 1 aliphatic heterocycles. The highest BCUT2D eigenvalue weighted by Gasteiger charge is 2.44. The van der Waals surface area contributed by atoms with Gasteiger partial charge in [-0.25, -0.2) is 0 Å². The van der Waals surface area contributed by atoms with Gasteiger partial charge in [0.1, 0.15) is 18.4 Å². The quantitative estimate of drug-likeness (QED) is 0.384. The molecule has 0 unspecified atom stereocenters. The number of nitrogens with zero attached hydrogens (tertiary/aromatic N) is 1. The number of rotatable bonds is 6. The lowest BCUT2D eigenvalue weighted by molar-refractivity contribution is -0.214. The number of aliphatic carboxylic acids is 1. The smallest absolute Gasteiger partial charge is 0.303 e. The maximum Gasteiger partial charge on any atom is 0.303 e. The van der Waals surface area contributed by atoms with E-state index in [1.165, 1.54) is 4.90 Å². The van der Waals surface area contributed by atoms with Crippen molar-refractivity contribution < 1.29 is 30.3 Å². The van der Waals surface area contributed by atoms with Crippen LogP contribution in [0.4, 0.5) is 0 Å². The summed E-state index contributed by atoms with van der Waals surface area (Å²) in [7, 11) is 0. The van der Waals surface area contributed by atoms with Crippen molar-refractivity contribution in [1.82, 2.24) is 4.90 Å². The molecule has 1 fully saturated rings. The van der Waals surface area contributed by atoms with Crippen LogP contribution in [0.5, 0.6) is 0 Å². The molecule has 1 heterocycles. The molecular formula is C12H23NO6. The summed E-state index contributed by atoms with van der Waals surface area (Å²) in [4.78, 5) is 11.9. The van der Waals surface area contributed by atoms with Gasteiger partial charge in [-0.15, -0.1) is 0 Å². The molecule has 0 spiro atoms. The number of carboxylic acid groups (broad SMARTS) is 1. The number of hydrogen-bond acceptors (Lipinski definition) is 6. The second kappa shape index (κ2) is 7.16. The Bertz CT molecular complexity index is 284. The molecule has 1 saturated heterocycles. The van der Waals surface area contributed by atoms with Gasteiger partial charge in [-0.05, 0) is 19.8 Å². The number of unbranched alkanes of at least 4 members (excludes halogenated alkanes) is 2. The third kappa shape index (κ3) is 4.12. The van der Waals surface area contributed by atoms with Crippen molar-refractivity contribution in [1.29, 1.82) is 0 Å². The summed E-state index contributed by atoms with van der Waals surface area (Å²) in [5.74, 6) is -0.833. The first-order valence-corrected chi connectivity index (χ1v) is 6.56. The first-order chi connectivity index (χ1) is 8.86. The van der Waals surface area contributed by atoms with Gasteiger partial charge in [0.15, 0.2) is 0 Å². The fourth-order valence-electron chi connectivity index (χ4n) is 2.38. The van der Waals surface area contributed by atoms with Gasteiger partial charge >= 0.3 is 5.97 Å². The molecule has 7 heteroatoms. The Morgan fingerprint density at radius 2 is 1.63 bits per heavy atom. The zero-order chi connectivity index (χ0) is 14.6. The van der Waals surface area contributed by atoms with E-state index in [9.17, 15) is 25.2 Å². The summed E-state index contributed by atoms with van der Waals surface area (Å²) >= 11 is 0. The minimum absolute atomic E-state index is 0.113. The fraction of sp³-hybridized carbons (Fsp3) is 0.917. The second-order valence-electron chi connectivity index (χ2n) is 5.07. The highest BCUT2D eigenvalue weighted by Crippen LogP contribution is 2.23. The van der Waals surface area contributed by atoms with Crippen molar-refractivity contribution in [3.8, 4) is 0 Å². The van der Waals surface area contributed by atoms with Gasteiger partial charge in [-0.3, -0.25) is 9.69 Å². The van der Waals surface area contributed by atoms with Gasteiger partial charge in [0.2, 0.25) is 0 Å². The van der Waals surface area contributed by atoms with Crippen LogP contribution in [-0.2, 0) is 4.79 Å². The Morgan fingerprint density at radius 1 is 1.00 bits per heavy atom. The number of aliphatic hydroxyl groups is 4. The molecule has 0 aromatic carbocycles. The maximum atomic E-state index is 10.3. The molecule has 5 N–H and O–H groups in total. The van der Waals surface area contributed by atoms with Crippen molar-refractivity contribution in [2.24, 2.45) is 0 Å². The monoisotopic (exact) mass is 277 g/mol. The first-order valence-electron chi connectivity index (χ1n) is 6.56. The van der Waals surface area contributed by atoms with Gasteiger partial charge in [0, 0.05) is 19.0 Å². The Hall–Kier alpha value is -0.730. The van der Waals surface area contributed by atoms with E-state index >= 15 is 0 Å². The Labute approximate surface area is 112 Å². The average Bonchev–Trinajstić information content (AvgIpc) is 2.37. The van der Waals surface area contributed by atoms with Crippen LogP contribution in [0.2, 0.25) is 0 Å². The molecule has 1 rings (SSSR count). The lowest BCUT2D eigenvalue weighted by Gasteiger charge is -2.45. The number of carbonyl (C=O) groups is 1. The molecule has 5 atom stereocenters. The molecule has 0 amide bonds. The largest absolute Gasteiger partial charge is 0.481 e. The lowest BCUT2D eigenvalue weighted by atomic mass is 9.93. The van der Waals surface area contributed by atoms with Gasteiger partial charge < -0.3 is 25.5 Å². The molecule has 7 nitrogen and oxygen atoms in total. The Balaban J connectivity index is 2.41. The molecule has 0 radical (unpaired) electrons. The molecule has 0 saturated carbocycles. The molecular weight excluding hydrogens is 254 g/mol. The van der Waals surface area contributed by atoms with E-state index < -0.39 is 36.6 Å². The van der Waals surface area contributed by atoms with Crippen LogP contribution in [0.1, 0.15) is 32.6 Å². The minimum atomic E-state index is -1.40. The zero-order valence-electron chi connectivity index (χ0n) is 11.0. The Kier molecular flexibility index (Phi) is 6.15. The highest BCUT2D eigenvalue weighted by atomic mass is 16.4. The van der Waals surface area contributed by atoms with Crippen molar-refractivity contribution in [3.05, 3.63) is 0 Å². The summed E-state index contributed by atoms with van der Waals surface area (Å²) in [5.41, 5.74) is 0. The molecule has 19 heavy (non-hydrogen) atoms. The van der Waals surface area contributed by atoms with Crippen molar-refractivity contribution in [3.63, 3.8) is 0 Å². The van der Waals surface area contributed by atoms with E-state index in [4.69, 9.17) is 5.11 Å². The predicted octanol–water partition coefficient (Wildman–Crippen LogP) is -1.26. The molecule has 0 aliphatic carbocycles. The van der Waals surface area contributed by atoms with Gasteiger partial charge in [0.25, 0.3) is 0 Å². The topological polar surface area (TPSA) is 121 Å². The van der Waals surface area contributed by atoms with Gasteiger partial charge in [0.05, 0.1) is 6.10 Å². The van der Waals surface area contributed by atoms with E-state index in [2.05, 4.69) is 0 Å². The molecule has 1 aliphatic rings. The minimum Gasteiger partial charge on any atom is -0.481 e. The van der Waals surface area contributed by atoms with Crippen LogP contribution in [-0.4, -0.2) is 73.5 Å². The van der Waals surface area contributed by atoms with E-state index in [1.54, 1.807) is 6.92 Å². The van der Waals surface area contributed by atoms with Crippen LogP contribution in [0.3, 0.4) is 0 Å². The summed E-state index contributed by atoms with van der Waals surface area (Å²) in [6, 6.07) is -0.465. The van der Waals surface area contributed by atoms with E-state index in [0.717, 1.165) is 0 Å². The summed E-state index contributed by atoms with van der Waals surface area (Å²) in [6.45, 7) is 2.10. The van der Waals surface area contributed by atoms with E-state index in [1.807, 2.05) is 0 Å². The van der Waals surface area contributed by atoms with Crippen LogP contribution in [0, 0.1) is 0 Å². The number of hydrogen-bond donors (Lipinski definition) is 5. The van der Waals surface area contributed by atoms with Crippen molar-refractivity contribution in [2.75, 3.05) is 6.54 Å². The second-order valence-corrected chi connectivity index (χ2v) is 5.07. The SMILES string of the molecule is C[C@H]1[C@@H](O)[C@@H](O)[C@@H](O)[C@H](O)N1CCCCCC(=O)O. The predicted molar refractivity (Wildman–Crippen MR) is 66.3 cm³/mol.